The zero-order valence-corrected chi connectivity index (χ0v) is 18.4. The van der Waals surface area contributed by atoms with Crippen molar-refractivity contribution < 1.29 is 83.5 Å². The van der Waals surface area contributed by atoms with Crippen LogP contribution >= 0.6 is 0 Å². The van der Waals surface area contributed by atoms with E-state index in [1.807, 2.05) is 0 Å². The number of hydrogen-bond donors (Lipinski definition) is 4. The highest BCUT2D eigenvalue weighted by Gasteiger charge is 2.61. The fourth-order valence-corrected chi connectivity index (χ4v) is 4.16. The van der Waals surface area contributed by atoms with Crippen LogP contribution in [-0.2, 0) is 30.0 Å². The Hall–Kier alpha value is -4.90. The molecule has 0 radical (unpaired) electrons. The fourth-order valence-electron chi connectivity index (χ4n) is 4.16. The van der Waals surface area contributed by atoms with E-state index in [9.17, 15) is 83.5 Å². The van der Waals surface area contributed by atoms with Gasteiger partial charge in [-0.3, -0.25) is 9.59 Å². The third-order valence-corrected chi connectivity index (χ3v) is 5.92. The summed E-state index contributed by atoms with van der Waals surface area (Å²) in [5.41, 5.74) is -18.6. The molecule has 2 aromatic rings. The summed E-state index contributed by atoms with van der Waals surface area (Å²) in [7, 11) is 0. The molecular formula is C22H6F10O8. The lowest BCUT2D eigenvalue weighted by atomic mass is 9.60. The number of benzene rings is 2. The molecule has 4 N–H and O–H groups in total. The van der Waals surface area contributed by atoms with Gasteiger partial charge in [-0.1, -0.05) is 0 Å². The molecule has 0 bridgehead atoms. The molecule has 3 rings (SSSR count). The van der Waals surface area contributed by atoms with Crippen molar-refractivity contribution in [2.24, 2.45) is 0 Å². The lowest BCUT2D eigenvalue weighted by Crippen LogP contribution is -2.51. The zero-order chi connectivity index (χ0) is 30.8. The van der Waals surface area contributed by atoms with Gasteiger partial charge in [0, 0.05) is 0 Å². The Morgan fingerprint density at radius 1 is 0.425 bits per heavy atom. The predicted molar refractivity (Wildman–Crippen MR) is 103 cm³/mol. The van der Waals surface area contributed by atoms with Gasteiger partial charge in [-0.15, -0.1) is 0 Å². The summed E-state index contributed by atoms with van der Waals surface area (Å²) in [5, 5.41) is 38.9. The Labute approximate surface area is 211 Å². The number of carbonyl (C=O) groups is 4. The van der Waals surface area contributed by atoms with Crippen LogP contribution in [-0.4, -0.2) is 44.3 Å². The van der Waals surface area contributed by atoms with Crippen LogP contribution in [0.25, 0.3) is 0 Å². The van der Waals surface area contributed by atoms with Crippen molar-refractivity contribution in [3.63, 3.8) is 0 Å². The van der Waals surface area contributed by atoms with Gasteiger partial charge in [0.2, 0.25) is 11.6 Å². The second-order valence-electron chi connectivity index (χ2n) is 7.84. The number of carboxylic acids is 4. The molecule has 212 valence electrons. The Kier molecular flexibility index (Phi) is 6.96. The second kappa shape index (κ2) is 9.38. The lowest BCUT2D eigenvalue weighted by molar-refractivity contribution is -0.146. The highest BCUT2D eigenvalue weighted by molar-refractivity contribution is 6.11. The monoisotopic (exact) mass is 588 g/mol. The molecule has 0 aromatic heterocycles. The van der Waals surface area contributed by atoms with Crippen molar-refractivity contribution in [3.8, 4) is 0 Å². The standard InChI is InChI=1S/C22H6F10O8/c23-7-5(8(24)12(28)15(31)11(7)27)21(19(37)38)1-3(17(33)34)22(20(39)40,2-4(21)18(35)36)6-9(25)13(29)16(32)14(30)10(6)26/h1-2H,(H,33,34)(H,35,36)(H,37,38)(H,39,40). The minimum atomic E-state index is -4.37. The van der Waals surface area contributed by atoms with Crippen molar-refractivity contribution in [1.82, 2.24) is 0 Å². The zero-order valence-electron chi connectivity index (χ0n) is 18.4. The molecule has 0 saturated heterocycles. The van der Waals surface area contributed by atoms with Crippen molar-refractivity contribution in [2.45, 2.75) is 10.8 Å². The maximum absolute atomic E-state index is 14.8. The minimum Gasteiger partial charge on any atom is -0.480 e. The molecule has 2 aromatic carbocycles. The molecule has 2 unspecified atom stereocenters. The number of halogens is 10. The minimum absolute atomic E-state index is 0.758. The topological polar surface area (TPSA) is 149 Å². The van der Waals surface area contributed by atoms with E-state index in [0.717, 1.165) is 0 Å². The molecule has 0 saturated carbocycles. The van der Waals surface area contributed by atoms with Crippen LogP contribution in [0.5, 0.6) is 0 Å². The first-order chi connectivity index (χ1) is 18.3. The summed E-state index contributed by atoms with van der Waals surface area (Å²) < 4.78 is 142. The van der Waals surface area contributed by atoms with Gasteiger partial charge < -0.3 is 20.4 Å². The van der Waals surface area contributed by atoms with Gasteiger partial charge in [0.1, 0.15) is 10.8 Å². The second-order valence-corrected chi connectivity index (χ2v) is 7.84. The molecule has 0 aliphatic heterocycles. The third-order valence-electron chi connectivity index (χ3n) is 5.92. The summed E-state index contributed by atoms with van der Waals surface area (Å²) in [6.45, 7) is 0. The Bertz CT molecular complexity index is 1450. The van der Waals surface area contributed by atoms with Gasteiger partial charge in [-0.05, 0) is 12.2 Å². The van der Waals surface area contributed by atoms with Crippen molar-refractivity contribution in [2.75, 3.05) is 0 Å². The maximum Gasteiger partial charge on any atom is 0.333 e. The van der Waals surface area contributed by atoms with Crippen LogP contribution in [0.2, 0.25) is 0 Å². The van der Waals surface area contributed by atoms with Crippen LogP contribution in [0, 0.1) is 58.2 Å². The van der Waals surface area contributed by atoms with Crippen molar-refractivity contribution in [3.05, 3.63) is 92.6 Å². The molecule has 8 nitrogen and oxygen atoms in total. The molecule has 2 atom stereocenters. The largest absolute Gasteiger partial charge is 0.480 e. The van der Waals surface area contributed by atoms with Gasteiger partial charge in [0.15, 0.2) is 46.5 Å². The summed E-state index contributed by atoms with van der Waals surface area (Å²) >= 11 is 0. The van der Waals surface area contributed by atoms with Crippen LogP contribution in [0.15, 0.2) is 23.3 Å². The molecule has 0 heterocycles. The average molecular weight is 588 g/mol. The van der Waals surface area contributed by atoms with E-state index in [4.69, 9.17) is 0 Å². The third kappa shape index (κ3) is 3.62. The molecular weight excluding hydrogens is 582 g/mol. The number of hydrogen-bond acceptors (Lipinski definition) is 4. The van der Waals surface area contributed by atoms with E-state index in [-0.39, 0.29) is 0 Å². The summed E-state index contributed by atoms with van der Waals surface area (Å²) in [6.07, 6.45) is -1.52. The molecule has 1 aliphatic carbocycles. The first-order valence-corrected chi connectivity index (χ1v) is 9.76. The predicted octanol–water partition coefficient (Wildman–Crippen LogP) is 3.46. The van der Waals surface area contributed by atoms with Gasteiger partial charge in [-0.2, -0.15) is 0 Å². The Balaban J connectivity index is 2.75. The SMILES string of the molecule is O=C(O)C1=CC(C(=O)O)(c2c(F)c(F)c(F)c(F)c2F)C(C(=O)O)=CC1(C(=O)O)c1c(F)c(F)c(F)c(F)c1F. The summed E-state index contributed by atoms with van der Waals surface area (Å²) in [6, 6.07) is 0. The van der Waals surface area contributed by atoms with Gasteiger partial charge in [0.25, 0.3) is 0 Å². The molecule has 0 amide bonds. The van der Waals surface area contributed by atoms with E-state index < -0.39 is 127 Å². The number of rotatable bonds is 6. The smallest absolute Gasteiger partial charge is 0.333 e. The van der Waals surface area contributed by atoms with Crippen LogP contribution in [0.4, 0.5) is 43.9 Å². The van der Waals surface area contributed by atoms with Gasteiger partial charge in [-0.25, -0.2) is 53.5 Å². The summed E-state index contributed by atoms with van der Waals surface area (Å²) in [4.78, 5) is 48.8. The molecule has 1 aliphatic rings. The first-order valence-electron chi connectivity index (χ1n) is 9.76. The molecule has 40 heavy (non-hydrogen) atoms. The molecule has 0 fully saturated rings. The van der Waals surface area contributed by atoms with E-state index >= 15 is 0 Å². The lowest BCUT2D eigenvalue weighted by Gasteiger charge is -2.38. The average Bonchev–Trinajstić information content (AvgIpc) is 2.88. The molecule has 0 spiro atoms. The van der Waals surface area contributed by atoms with E-state index in [1.165, 1.54) is 0 Å². The highest BCUT2D eigenvalue weighted by atomic mass is 19.2. The maximum atomic E-state index is 14.8. The van der Waals surface area contributed by atoms with Gasteiger partial charge in [0.05, 0.1) is 22.3 Å². The molecule has 18 heteroatoms. The van der Waals surface area contributed by atoms with E-state index in [1.54, 1.807) is 0 Å². The Morgan fingerprint density at radius 3 is 0.800 bits per heavy atom. The first kappa shape index (κ1) is 29.7. The quantitative estimate of drug-likeness (QED) is 0.228. The Morgan fingerprint density at radius 2 is 0.625 bits per heavy atom. The van der Waals surface area contributed by atoms with Crippen molar-refractivity contribution in [1.29, 1.82) is 0 Å². The summed E-state index contributed by atoms with van der Waals surface area (Å²) in [5.74, 6) is -41.2. The normalized spacial score (nSPS) is 20.6. The highest BCUT2D eigenvalue weighted by Crippen LogP contribution is 2.51. The van der Waals surface area contributed by atoms with Gasteiger partial charge >= 0.3 is 23.9 Å². The van der Waals surface area contributed by atoms with Crippen LogP contribution in [0.1, 0.15) is 11.1 Å². The number of aliphatic carboxylic acids is 4. The van der Waals surface area contributed by atoms with E-state index in [0.29, 0.717) is 0 Å². The van der Waals surface area contributed by atoms with Crippen LogP contribution < -0.4 is 0 Å². The fraction of sp³-hybridized carbons (Fsp3) is 0.0909. The number of carboxylic acid groups (broad SMARTS) is 4. The van der Waals surface area contributed by atoms with Crippen molar-refractivity contribution >= 4 is 23.9 Å². The van der Waals surface area contributed by atoms with Crippen LogP contribution in [0.3, 0.4) is 0 Å². The van der Waals surface area contributed by atoms with E-state index in [2.05, 4.69) is 0 Å².